The predicted octanol–water partition coefficient (Wildman–Crippen LogP) is 3.23. The van der Waals surface area contributed by atoms with Gasteiger partial charge in [-0.2, -0.15) is 0 Å². The van der Waals surface area contributed by atoms with Gasteiger partial charge in [-0.05, 0) is 32.0 Å². The fraction of sp³-hybridized carbons (Fsp3) is 0.583. The van der Waals surface area contributed by atoms with Crippen LogP contribution in [0.1, 0.15) is 38.8 Å². The molecule has 2 unspecified atom stereocenters. The predicted molar refractivity (Wildman–Crippen MR) is 65.4 cm³/mol. The van der Waals surface area contributed by atoms with E-state index in [9.17, 15) is 0 Å². The van der Waals surface area contributed by atoms with Gasteiger partial charge >= 0.3 is 0 Å². The summed E-state index contributed by atoms with van der Waals surface area (Å²) in [5.74, 6) is 0.388. The molecule has 0 aromatic carbocycles. The average Bonchev–Trinajstić information content (AvgIpc) is 2.22. The zero-order chi connectivity index (χ0) is 11.3. The SMILES string of the molecule is CCNC(C)C(CC)c1ncccc1Cl. The maximum atomic E-state index is 6.15. The molecule has 84 valence electrons. The second-order valence-electron chi connectivity index (χ2n) is 3.73. The number of likely N-dealkylation sites (N-methyl/N-ethyl adjacent to an activating group) is 1. The summed E-state index contributed by atoms with van der Waals surface area (Å²) in [6.07, 6.45) is 2.85. The highest BCUT2D eigenvalue weighted by molar-refractivity contribution is 6.31. The highest BCUT2D eigenvalue weighted by Crippen LogP contribution is 2.27. The first kappa shape index (κ1) is 12.5. The van der Waals surface area contributed by atoms with Crippen LogP contribution in [0.4, 0.5) is 0 Å². The average molecular weight is 227 g/mol. The lowest BCUT2D eigenvalue weighted by Crippen LogP contribution is -2.32. The normalized spacial score (nSPS) is 14.9. The number of rotatable bonds is 5. The number of pyridine rings is 1. The van der Waals surface area contributed by atoms with Crippen molar-refractivity contribution in [2.45, 2.75) is 39.2 Å². The quantitative estimate of drug-likeness (QED) is 0.834. The van der Waals surface area contributed by atoms with Crippen LogP contribution < -0.4 is 5.32 Å². The molecule has 0 aliphatic carbocycles. The Morgan fingerprint density at radius 1 is 1.47 bits per heavy atom. The van der Waals surface area contributed by atoms with Gasteiger partial charge in [-0.3, -0.25) is 4.98 Å². The van der Waals surface area contributed by atoms with Crippen LogP contribution >= 0.6 is 11.6 Å². The summed E-state index contributed by atoms with van der Waals surface area (Å²) < 4.78 is 0. The summed E-state index contributed by atoms with van der Waals surface area (Å²) in [4.78, 5) is 4.38. The molecule has 0 saturated heterocycles. The van der Waals surface area contributed by atoms with E-state index in [1.165, 1.54) is 0 Å². The monoisotopic (exact) mass is 226 g/mol. The Hall–Kier alpha value is -0.600. The highest BCUT2D eigenvalue weighted by atomic mass is 35.5. The Balaban J connectivity index is 2.87. The van der Waals surface area contributed by atoms with E-state index in [-0.39, 0.29) is 0 Å². The molecule has 0 amide bonds. The highest BCUT2D eigenvalue weighted by Gasteiger charge is 2.20. The number of nitrogens with zero attached hydrogens (tertiary/aromatic N) is 1. The van der Waals surface area contributed by atoms with E-state index in [1.807, 2.05) is 18.3 Å². The summed E-state index contributed by atoms with van der Waals surface area (Å²) in [6, 6.07) is 4.19. The van der Waals surface area contributed by atoms with Crippen LogP contribution in [0.2, 0.25) is 5.02 Å². The van der Waals surface area contributed by atoms with E-state index in [4.69, 9.17) is 11.6 Å². The molecule has 1 N–H and O–H groups in total. The first-order chi connectivity index (χ1) is 7.20. The maximum absolute atomic E-state index is 6.15. The van der Waals surface area contributed by atoms with Crippen molar-refractivity contribution in [1.82, 2.24) is 10.3 Å². The van der Waals surface area contributed by atoms with Gasteiger partial charge in [0.15, 0.2) is 0 Å². The largest absolute Gasteiger partial charge is 0.314 e. The van der Waals surface area contributed by atoms with Crippen molar-refractivity contribution in [3.05, 3.63) is 29.0 Å². The molecule has 1 aromatic heterocycles. The van der Waals surface area contributed by atoms with Gasteiger partial charge in [0.1, 0.15) is 0 Å². The van der Waals surface area contributed by atoms with Crippen molar-refractivity contribution in [1.29, 1.82) is 0 Å². The maximum Gasteiger partial charge on any atom is 0.0635 e. The summed E-state index contributed by atoms with van der Waals surface area (Å²) in [7, 11) is 0. The molecule has 2 atom stereocenters. The van der Waals surface area contributed by atoms with Crippen LogP contribution in [0.25, 0.3) is 0 Å². The third-order valence-corrected chi connectivity index (χ3v) is 3.03. The molecule has 1 heterocycles. The number of halogens is 1. The number of hydrogen-bond donors (Lipinski definition) is 1. The van der Waals surface area contributed by atoms with Gasteiger partial charge in [0, 0.05) is 18.2 Å². The van der Waals surface area contributed by atoms with Crippen LogP contribution in [0.5, 0.6) is 0 Å². The van der Waals surface area contributed by atoms with Crippen LogP contribution in [-0.2, 0) is 0 Å². The van der Waals surface area contributed by atoms with E-state index in [0.717, 1.165) is 23.7 Å². The molecular formula is C12H19ClN2. The lowest BCUT2D eigenvalue weighted by Gasteiger charge is -2.23. The standard InChI is InChI=1S/C12H19ClN2/c1-4-10(9(3)14-5-2)12-11(13)7-6-8-15-12/h6-10,14H,4-5H2,1-3H3. The van der Waals surface area contributed by atoms with Crippen molar-refractivity contribution < 1.29 is 0 Å². The van der Waals surface area contributed by atoms with Crippen molar-refractivity contribution in [3.63, 3.8) is 0 Å². The fourth-order valence-electron chi connectivity index (χ4n) is 1.92. The first-order valence-corrected chi connectivity index (χ1v) is 5.92. The van der Waals surface area contributed by atoms with Gasteiger partial charge in [0.2, 0.25) is 0 Å². The van der Waals surface area contributed by atoms with E-state index in [2.05, 4.69) is 31.1 Å². The first-order valence-electron chi connectivity index (χ1n) is 5.54. The van der Waals surface area contributed by atoms with Crippen molar-refractivity contribution >= 4 is 11.6 Å². The minimum absolute atomic E-state index is 0.388. The Morgan fingerprint density at radius 3 is 2.73 bits per heavy atom. The number of nitrogens with one attached hydrogen (secondary N) is 1. The van der Waals surface area contributed by atoms with E-state index >= 15 is 0 Å². The van der Waals surface area contributed by atoms with E-state index < -0.39 is 0 Å². The summed E-state index contributed by atoms with van der Waals surface area (Å²) in [6.45, 7) is 7.44. The van der Waals surface area contributed by atoms with Gasteiger partial charge < -0.3 is 5.32 Å². The molecule has 0 spiro atoms. The molecule has 2 nitrogen and oxygen atoms in total. The van der Waals surface area contributed by atoms with Gasteiger partial charge in [-0.25, -0.2) is 0 Å². The molecule has 15 heavy (non-hydrogen) atoms. The van der Waals surface area contributed by atoms with Gasteiger partial charge in [0.05, 0.1) is 10.7 Å². The van der Waals surface area contributed by atoms with Gasteiger partial charge in [0.25, 0.3) is 0 Å². The smallest absolute Gasteiger partial charge is 0.0635 e. The van der Waals surface area contributed by atoms with Crippen molar-refractivity contribution in [3.8, 4) is 0 Å². The lowest BCUT2D eigenvalue weighted by molar-refractivity contribution is 0.453. The zero-order valence-corrected chi connectivity index (χ0v) is 10.4. The summed E-state index contributed by atoms with van der Waals surface area (Å²) >= 11 is 6.15. The molecular weight excluding hydrogens is 208 g/mol. The van der Waals surface area contributed by atoms with Gasteiger partial charge in [-0.15, -0.1) is 0 Å². The Morgan fingerprint density at radius 2 is 2.20 bits per heavy atom. The second-order valence-corrected chi connectivity index (χ2v) is 4.14. The van der Waals surface area contributed by atoms with Crippen LogP contribution in [0.3, 0.4) is 0 Å². The fourth-order valence-corrected chi connectivity index (χ4v) is 2.18. The van der Waals surface area contributed by atoms with Crippen molar-refractivity contribution in [2.24, 2.45) is 0 Å². The van der Waals surface area contributed by atoms with Crippen LogP contribution in [-0.4, -0.2) is 17.6 Å². The molecule has 1 aromatic rings. The molecule has 0 aliphatic rings. The minimum atomic E-state index is 0.388. The Kier molecular flexibility index (Phi) is 5.06. The molecule has 3 heteroatoms. The molecule has 0 aliphatic heterocycles. The Labute approximate surface area is 97.1 Å². The van der Waals surface area contributed by atoms with E-state index in [1.54, 1.807) is 0 Å². The third-order valence-electron chi connectivity index (χ3n) is 2.71. The van der Waals surface area contributed by atoms with E-state index in [0.29, 0.717) is 12.0 Å². The summed E-state index contributed by atoms with van der Waals surface area (Å²) in [5.41, 5.74) is 1.01. The van der Waals surface area contributed by atoms with Crippen LogP contribution in [0.15, 0.2) is 18.3 Å². The number of aromatic nitrogens is 1. The van der Waals surface area contributed by atoms with Crippen LogP contribution in [0, 0.1) is 0 Å². The van der Waals surface area contributed by atoms with Crippen molar-refractivity contribution in [2.75, 3.05) is 6.54 Å². The lowest BCUT2D eigenvalue weighted by atomic mass is 9.94. The molecule has 1 rings (SSSR count). The minimum Gasteiger partial charge on any atom is -0.314 e. The third kappa shape index (κ3) is 3.18. The number of hydrogen-bond acceptors (Lipinski definition) is 2. The van der Waals surface area contributed by atoms with Gasteiger partial charge in [-0.1, -0.05) is 25.4 Å². The second kappa shape index (κ2) is 6.09. The zero-order valence-electron chi connectivity index (χ0n) is 9.63. The molecule has 0 fully saturated rings. The summed E-state index contributed by atoms with van der Waals surface area (Å²) in [5, 5.41) is 4.20. The molecule has 0 radical (unpaired) electrons. The Bertz CT molecular complexity index is 301. The topological polar surface area (TPSA) is 24.9 Å². The molecule has 0 saturated carbocycles. The molecule has 0 bridgehead atoms.